The Morgan fingerprint density at radius 1 is 0.284 bits per heavy atom. The molecule has 3 N–H and O–H groups in total. The first kappa shape index (κ1) is 100. The Kier molecular flexibility index (Phi) is 73.1. The molecule has 102 heavy (non-hydrogen) atoms. The zero-order valence-corrected chi connectivity index (χ0v) is 68.7. The topological polar surface area (TPSA) is 237 Å². The summed E-state index contributed by atoms with van der Waals surface area (Å²) in [4.78, 5) is 73.1. The van der Waals surface area contributed by atoms with E-state index in [1.165, 1.54) is 250 Å². The average Bonchev–Trinajstić information content (AvgIpc) is 0.937. The van der Waals surface area contributed by atoms with Gasteiger partial charge in [0.25, 0.3) is 0 Å². The van der Waals surface area contributed by atoms with Gasteiger partial charge in [0.05, 0.1) is 26.4 Å². The molecule has 0 aromatic heterocycles. The highest BCUT2D eigenvalue weighted by Gasteiger charge is 2.30. The number of hydrogen-bond acceptors (Lipinski definition) is 15. The van der Waals surface area contributed by atoms with Gasteiger partial charge >= 0.3 is 39.5 Å². The van der Waals surface area contributed by atoms with E-state index < -0.39 is 97.5 Å². The lowest BCUT2D eigenvalue weighted by molar-refractivity contribution is -0.161. The van der Waals surface area contributed by atoms with E-state index in [9.17, 15) is 43.2 Å². The SMILES string of the molecule is CCCCCCCCCCCCCCCCCCCCCCC(=O)O[C@H](COC(=O)CCCCCCCCCCCCCCCCC(C)CC)COP(=O)(O)OC[C@@H](O)COP(=O)(O)OC[C@@H](COC(=O)CCCCCCCCCC(C)C)OC(=O)CCCCCCCCCCCCCCCC. The molecule has 0 aliphatic heterocycles. The van der Waals surface area contributed by atoms with E-state index in [2.05, 4.69) is 41.5 Å². The molecule has 0 aromatic rings. The van der Waals surface area contributed by atoms with E-state index in [-0.39, 0.29) is 25.7 Å². The lowest BCUT2D eigenvalue weighted by Gasteiger charge is -2.21. The summed E-state index contributed by atoms with van der Waals surface area (Å²) >= 11 is 0. The predicted molar refractivity (Wildman–Crippen MR) is 418 cm³/mol. The summed E-state index contributed by atoms with van der Waals surface area (Å²) in [6, 6.07) is 0. The van der Waals surface area contributed by atoms with Crippen LogP contribution in [0.3, 0.4) is 0 Å². The van der Waals surface area contributed by atoms with Gasteiger partial charge in [-0.15, -0.1) is 0 Å². The fourth-order valence-electron chi connectivity index (χ4n) is 12.9. The first-order valence-corrected chi connectivity index (χ1v) is 46.0. The average molecular weight is 1490 g/mol. The van der Waals surface area contributed by atoms with Crippen molar-refractivity contribution >= 4 is 39.5 Å². The second-order valence-corrected chi connectivity index (χ2v) is 33.5. The van der Waals surface area contributed by atoms with Gasteiger partial charge in [-0.3, -0.25) is 37.3 Å². The second kappa shape index (κ2) is 74.5. The quantitative estimate of drug-likeness (QED) is 0.0222. The standard InChI is InChI=1S/C83H162O17P2/c1-7-10-12-14-16-18-20-22-24-25-26-27-28-29-35-39-43-49-56-62-68-82(87)99-78(71-93-80(85)65-59-53-47-41-37-34-31-30-32-36-40-46-52-58-64-76(6)9-3)73-97-101(89,90)95-69-77(84)70-96-102(91,92)98-74-79(72-94-81(86)66-60-54-50-44-45-51-57-63-75(4)5)100-83(88)67-61-55-48-42-38-33-23-21-19-17-15-13-11-8-2/h75-79,84H,7-74H2,1-6H3,(H,89,90)(H,91,92)/t76?,77-,78-,79-/m1/s1. The van der Waals surface area contributed by atoms with E-state index in [1.54, 1.807) is 0 Å². The smallest absolute Gasteiger partial charge is 0.462 e. The molecule has 0 fully saturated rings. The Balaban J connectivity index is 5.23. The van der Waals surface area contributed by atoms with E-state index in [4.69, 9.17) is 37.0 Å². The lowest BCUT2D eigenvalue weighted by Crippen LogP contribution is -2.30. The van der Waals surface area contributed by atoms with Crippen LogP contribution in [0.5, 0.6) is 0 Å². The Morgan fingerprint density at radius 2 is 0.500 bits per heavy atom. The molecule has 0 rings (SSSR count). The predicted octanol–water partition coefficient (Wildman–Crippen LogP) is 25.1. The van der Waals surface area contributed by atoms with Crippen molar-refractivity contribution in [1.29, 1.82) is 0 Å². The van der Waals surface area contributed by atoms with Crippen LogP contribution in [0, 0.1) is 11.8 Å². The van der Waals surface area contributed by atoms with E-state index >= 15 is 0 Å². The number of carbonyl (C=O) groups is 4. The summed E-state index contributed by atoms with van der Waals surface area (Å²) in [5.41, 5.74) is 0. The maximum Gasteiger partial charge on any atom is 0.472 e. The first-order valence-electron chi connectivity index (χ1n) is 43.0. The summed E-state index contributed by atoms with van der Waals surface area (Å²) in [6.45, 7) is 9.65. The molecule has 0 saturated heterocycles. The molecule has 17 nitrogen and oxygen atoms in total. The van der Waals surface area contributed by atoms with Crippen molar-refractivity contribution in [1.82, 2.24) is 0 Å². The minimum atomic E-state index is -4.96. The third-order valence-corrected chi connectivity index (χ3v) is 21.7. The number of phosphoric acid groups is 2. The van der Waals surface area contributed by atoms with Crippen LogP contribution in [0.2, 0.25) is 0 Å². The molecule has 0 radical (unpaired) electrons. The van der Waals surface area contributed by atoms with Gasteiger partial charge in [-0.2, -0.15) is 0 Å². The number of phosphoric ester groups is 2. The summed E-state index contributed by atoms with van der Waals surface area (Å²) in [7, 11) is -9.92. The summed E-state index contributed by atoms with van der Waals surface area (Å²) < 4.78 is 68.8. The van der Waals surface area contributed by atoms with Gasteiger partial charge in [0.1, 0.15) is 19.3 Å². The van der Waals surface area contributed by atoms with Gasteiger partial charge in [0, 0.05) is 25.7 Å². The fourth-order valence-corrected chi connectivity index (χ4v) is 14.4. The molecular weight excluding hydrogens is 1330 g/mol. The largest absolute Gasteiger partial charge is 0.472 e. The molecule has 3 unspecified atom stereocenters. The number of aliphatic hydroxyl groups is 1. The van der Waals surface area contributed by atoms with Crippen LogP contribution in [-0.2, 0) is 65.4 Å². The van der Waals surface area contributed by atoms with Crippen molar-refractivity contribution in [3.63, 3.8) is 0 Å². The normalized spacial score (nSPS) is 14.1. The third-order valence-electron chi connectivity index (χ3n) is 19.8. The molecule has 0 heterocycles. The molecule has 19 heteroatoms. The van der Waals surface area contributed by atoms with Crippen molar-refractivity contribution in [2.24, 2.45) is 11.8 Å². The molecular formula is C83H162O17P2. The minimum absolute atomic E-state index is 0.107. The Morgan fingerprint density at radius 3 is 0.745 bits per heavy atom. The van der Waals surface area contributed by atoms with Crippen LogP contribution in [0.1, 0.15) is 440 Å². The van der Waals surface area contributed by atoms with Crippen LogP contribution in [-0.4, -0.2) is 96.7 Å². The molecule has 0 aliphatic rings. The van der Waals surface area contributed by atoms with Crippen LogP contribution in [0.4, 0.5) is 0 Å². The molecule has 0 bridgehead atoms. The maximum atomic E-state index is 13.1. The van der Waals surface area contributed by atoms with Gasteiger partial charge in [0.15, 0.2) is 12.2 Å². The maximum absolute atomic E-state index is 13.1. The van der Waals surface area contributed by atoms with Gasteiger partial charge in [-0.25, -0.2) is 9.13 Å². The summed E-state index contributed by atoms with van der Waals surface area (Å²) in [5.74, 6) is -0.551. The number of ether oxygens (including phenoxy) is 4. The zero-order valence-electron chi connectivity index (χ0n) is 66.9. The number of esters is 4. The highest BCUT2D eigenvalue weighted by Crippen LogP contribution is 2.45. The van der Waals surface area contributed by atoms with Gasteiger partial charge < -0.3 is 33.8 Å². The van der Waals surface area contributed by atoms with E-state index in [0.29, 0.717) is 31.6 Å². The number of unbranched alkanes of at least 4 members (excludes halogenated alkanes) is 51. The fraction of sp³-hybridized carbons (Fsp3) is 0.952. The van der Waals surface area contributed by atoms with E-state index in [1.807, 2.05) is 0 Å². The molecule has 606 valence electrons. The summed E-state index contributed by atoms with van der Waals surface area (Å²) in [6.07, 6.45) is 65.3. The zero-order chi connectivity index (χ0) is 74.9. The highest BCUT2D eigenvalue weighted by molar-refractivity contribution is 7.47. The monoisotopic (exact) mass is 1490 g/mol. The van der Waals surface area contributed by atoms with Crippen molar-refractivity contribution in [2.45, 2.75) is 458 Å². The van der Waals surface area contributed by atoms with Gasteiger partial charge in [0.2, 0.25) is 0 Å². The van der Waals surface area contributed by atoms with Crippen molar-refractivity contribution in [3.8, 4) is 0 Å². The number of aliphatic hydroxyl groups excluding tert-OH is 1. The second-order valence-electron chi connectivity index (χ2n) is 30.6. The molecule has 0 aliphatic carbocycles. The lowest BCUT2D eigenvalue weighted by atomic mass is 9.99. The van der Waals surface area contributed by atoms with Gasteiger partial charge in [-0.1, -0.05) is 388 Å². The highest BCUT2D eigenvalue weighted by atomic mass is 31.2. The Labute approximate surface area is 626 Å². The third kappa shape index (κ3) is 74.9. The molecule has 0 spiro atoms. The van der Waals surface area contributed by atoms with Crippen LogP contribution >= 0.6 is 15.6 Å². The van der Waals surface area contributed by atoms with Crippen LogP contribution < -0.4 is 0 Å². The van der Waals surface area contributed by atoms with Crippen LogP contribution in [0.15, 0.2) is 0 Å². The van der Waals surface area contributed by atoms with Crippen molar-refractivity contribution < 1.29 is 80.2 Å². The van der Waals surface area contributed by atoms with Gasteiger partial charge in [-0.05, 0) is 37.5 Å². The summed E-state index contributed by atoms with van der Waals surface area (Å²) in [5, 5.41) is 10.7. The molecule has 0 aromatic carbocycles. The first-order chi connectivity index (χ1) is 49.4. The molecule has 6 atom stereocenters. The van der Waals surface area contributed by atoms with Crippen LogP contribution in [0.25, 0.3) is 0 Å². The number of hydrogen-bond donors (Lipinski definition) is 3. The van der Waals surface area contributed by atoms with E-state index in [0.717, 1.165) is 102 Å². The number of rotatable bonds is 82. The Hall–Kier alpha value is -1.94. The molecule has 0 saturated carbocycles. The van der Waals surface area contributed by atoms with Crippen molar-refractivity contribution in [3.05, 3.63) is 0 Å². The number of carbonyl (C=O) groups excluding carboxylic acids is 4. The van der Waals surface area contributed by atoms with Crippen molar-refractivity contribution in [2.75, 3.05) is 39.6 Å². The minimum Gasteiger partial charge on any atom is -0.462 e. The Bertz CT molecular complexity index is 1960. The molecule has 0 amide bonds.